The number of benzene rings is 1. The molecule has 1 atom stereocenters. The molecule has 0 aromatic heterocycles. The van der Waals surface area contributed by atoms with E-state index in [-0.39, 0.29) is 17.4 Å². The first-order valence-electron chi connectivity index (χ1n) is 5.98. The first-order valence-corrected chi connectivity index (χ1v) is 5.98. The molecule has 0 radical (unpaired) electrons. The zero-order chi connectivity index (χ0) is 15.5. The number of hydrogen-bond acceptors (Lipinski definition) is 3. The van der Waals surface area contributed by atoms with Crippen molar-refractivity contribution in [1.82, 2.24) is 0 Å². The minimum Gasteiger partial charge on any atom is -0.497 e. The van der Waals surface area contributed by atoms with Crippen molar-refractivity contribution in [1.29, 1.82) is 0 Å². The smallest absolute Gasteiger partial charge is 0.418 e. The number of hydrogen-bond donors (Lipinski definition) is 2. The second-order valence-corrected chi connectivity index (χ2v) is 4.67. The largest absolute Gasteiger partial charge is 0.497 e. The van der Waals surface area contributed by atoms with E-state index in [2.05, 4.69) is 5.32 Å². The molecule has 3 N–H and O–H groups in total. The predicted octanol–water partition coefficient (Wildman–Crippen LogP) is 2.64. The number of ether oxygens (including phenoxy) is 1. The summed E-state index contributed by atoms with van der Waals surface area (Å²) in [6.07, 6.45) is -4.60. The molecule has 0 aliphatic carbocycles. The van der Waals surface area contributed by atoms with Crippen LogP contribution in [0.1, 0.15) is 19.4 Å². The van der Waals surface area contributed by atoms with Gasteiger partial charge in [0.25, 0.3) is 0 Å². The second kappa shape index (κ2) is 6.13. The van der Waals surface area contributed by atoms with Gasteiger partial charge in [0.15, 0.2) is 0 Å². The minimum atomic E-state index is -4.60. The summed E-state index contributed by atoms with van der Waals surface area (Å²) in [6, 6.07) is 2.44. The van der Waals surface area contributed by atoms with E-state index in [1.807, 2.05) is 0 Å². The topological polar surface area (TPSA) is 64.3 Å². The maximum atomic E-state index is 12.9. The fourth-order valence-electron chi connectivity index (χ4n) is 1.51. The molecule has 1 aromatic rings. The highest BCUT2D eigenvalue weighted by Gasteiger charge is 2.35. The first kappa shape index (κ1) is 16.3. The van der Waals surface area contributed by atoms with E-state index < -0.39 is 23.7 Å². The Kier molecular flexibility index (Phi) is 4.99. The number of alkyl halides is 3. The van der Waals surface area contributed by atoms with E-state index in [1.54, 1.807) is 13.8 Å². The van der Waals surface area contributed by atoms with Crippen molar-refractivity contribution in [3.8, 4) is 5.75 Å². The van der Waals surface area contributed by atoms with Gasteiger partial charge in [-0.25, -0.2) is 0 Å². The van der Waals surface area contributed by atoms with Crippen LogP contribution in [0.25, 0.3) is 0 Å². The molecule has 20 heavy (non-hydrogen) atoms. The standard InChI is InChI=1S/C13H17F3N2O2/c1-7(2)11(17)12(19)18-10-5-4-8(20-3)6-9(10)13(14,15)16/h4-7,11H,17H2,1-3H3,(H,18,19). The number of anilines is 1. The van der Waals surface area contributed by atoms with Gasteiger partial charge in [-0.2, -0.15) is 13.2 Å². The van der Waals surface area contributed by atoms with Gasteiger partial charge in [0, 0.05) is 0 Å². The Bertz CT molecular complexity index is 487. The van der Waals surface area contributed by atoms with Crippen LogP contribution in [0.4, 0.5) is 18.9 Å². The normalized spacial score (nSPS) is 13.2. The van der Waals surface area contributed by atoms with Crippen molar-refractivity contribution < 1.29 is 22.7 Å². The molecular formula is C13H17F3N2O2. The Labute approximate surface area is 115 Å². The van der Waals surface area contributed by atoms with Gasteiger partial charge in [-0.15, -0.1) is 0 Å². The Morgan fingerprint density at radius 2 is 1.95 bits per heavy atom. The lowest BCUT2D eigenvalue weighted by Gasteiger charge is -2.18. The molecule has 7 heteroatoms. The zero-order valence-corrected chi connectivity index (χ0v) is 11.4. The summed E-state index contributed by atoms with van der Waals surface area (Å²) < 4.78 is 43.6. The van der Waals surface area contributed by atoms with Crippen LogP contribution >= 0.6 is 0 Å². The molecule has 112 valence electrons. The Morgan fingerprint density at radius 3 is 2.40 bits per heavy atom. The van der Waals surface area contributed by atoms with Crippen LogP contribution in [0.3, 0.4) is 0 Å². The number of nitrogens with two attached hydrogens (primary N) is 1. The van der Waals surface area contributed by atoms with Gasteiger partial charge in [0.2, 0.25) is 5.91 Å². The van der Waals surface area contributed by atoms with Crippen LogP contribution in [0.5, 0.6) is 5.75 Å². The predicted molar refractivity (Wildman–Crippen MR) is 69.4 cm³/mol. The third kappa shape index (κ3) is 3.86. The minimum absolute atomic E-state index is 0.0588. The molecule has 0 bridgehead atoms. The van der Waals surface area contributed by atoms with Crippen molar-refractivity contribution >= 4 is 11.6 Å². The average molecular weight is 290 g/mol. The molecule has 1 aromatic carbocycles. The molecule has 1 rings (SSSR count). The molecule has 0 spiro atoms. The summed E-state index contributed by atoms with van der Waals surface area (Å²) >= 11 is 0. The van der Waals surface area contributed by atoms with Gasteiger partial charge in [0.1, 0.15) is 5.75 Å². The molecule has 1 unspecified atom stereocenters. The molecule has 1 amide bonds. The van der Waals surface area contributed by atoms with E-state index in [1.165, 1.54) is 13.2 Å². The summed E-state index contributed by atoms with van der Waals surface area (Å²) in [6.45, 7) is 3.42. The number of rotatable bonds is 4. The molecule has 0 saturated heterocycles. The fraction of sp³-hybridized carbons (Fsp3) is 0.462. The molecule has 0 aliphatic rings. The van der Waals surface area contributed by atoms with Crippen molar-refractivity contribution in [2.24, 2.45) is 11.7 Å². The van der Waals surface area contributed by atoms with Gasteiger partial charge in [-0.05, 0) is 24.1 Å². The first-order chi connectivity index (χ1) is 9.16. The molecule has 4 nitrogen and oxygen atoms in total. The Hall–Kier alpha value is -1.76. The van der Waals surface area contributed by atoms with Crippen LogP contribution in [0, 0.1) is 5.92 Å². The fourth-order valence-corrected chi connectivity index (χ4v) is 1.51. The van der Waals surface area contributed by atoms with Crippen LogP contribution < -0.4 is 15.8 Å². The van der Waals surface area contributed by atoms with Crippen LogP contribution in [-0.2, 0) is 11.0 Å². The molecular weight excluding hydrogens is 273 g/mol. The highest BCUT2D eigenvalue weighted by molar-refractivity contribution is 5.95. The van der Waals surface area contributed by atoms with E-state index >= 15 is 0 Å². The van der Waals surface area contributed by atoms with E-state index in [4.69, 9.17) is 10.5 Å². The molecule has 0 aliphatic heterocycles. The number of halogens is 3. The molecule has 0 fully saturated rings. The highest BCUT2D eigenvalue weighted by atomic mass is 19.4. The highest BCUT2D eigenvalue weighted by Crippen LogP contribution is 2.37. The Balaban J connectivity index is 3.09. The third-order valence-corrected chi connectivity index (χ3v) is 2.81. The maximum Gasteiger partial charge on any atom is 0.418 e. The van der Waals surface area contributed by atoms with Gasteiger partial charge >= 0.3 is 6.18 Å². The summed E-state index contributed by atoms with van der Waals surface area (Å²) in [4.78, 5) is 11.8. The van der Waals surface area contributed by atoms with Gasteiger partial charge < -0.3 is 15.8 Å². The summed E-state index contributed by atoms with van der Waals surface area (Å²) in [5, 5.41) is 2.21. The summed E-state index contributed by atoms with van der Waals surface area (Å²) in [5.74, 6) is -0.776. The zero-order valence-electron chi connectivity index (χ0n) is 11.4. The lowest BCUT2D eigenvalue weighted by molar-refractivity contribution is -0.137. The molecule has 0 saturated carbocycles. The Morgan fingerprint density at radius 1 is 1.35 bits per heavy atom. The van der Waals surface area contributed by atoms with Crippen molar-refractivity contribution in [2.45, 2.75) is 26.1 Å². The number of carbonyl (C=O) groups is 1. The number of methoxy groups -OCH3 is 1. The van der Waals surface area contributed by atoms with Crippen molar-refractivity contribution in [2.75, 3.05) is 12.4 Å². The van der Waals surface area contributed by atoms with Gasteiger partial charge in [-0.1, -0.05) is 13.8 Å². The van der Waals surface area contributed by atoms with Crippen molar-refractivity contribution in [3.05, 3.63) is 23.8 Å². The maximum absolute atomic E-state index is 12.9. The number of carbonyl (C=O) groups excluding carboxylic acids is 1. The molecule has 0 heterocycles. The average Bonchev–Trinajstić information content (AvgIpc) is 2.36. The van der Waals surface area contributed by atoms with Gasteiger partial charge in [0.05, 0.1) is 24.4 Å². The SMILES string of the molecule is COc1ccc(NC(=O)C(N)C(C)C)c(C(F)(F)F)c1. The monoisotopic (exact) mass is 290 g/mol. The van der Waals surface area contributed by atoms with Crippen LogP contribution in [0.2, 0.25) is 0 Å². The third-order valence-electron chi connectivity index (χ3n) is 2.81. The summed E-state index contributed by atoms with van der Waals surface area (Å²) in [7, 11) is 1.27. The van der Waals surface area contributed by atoms with Crippen LogP contribution in [0.15, 0.2) is 18.2 Å². The quantitative estimate of drug-likeness (QED) is 0.896. The number of amides is 1. The van der Waals surface area contributed by atoms with Crippen LogP contribution in [-0.4, -0.2) is 19.1 Å². The van der Waals surface area contributed by atoms with E-state index in [9.17, 15) is 18.0 Å². The van der Waals surface area contributed by atoms with Gasteiger partial charge in [-0.3, -0.25) is 4.79 Å². The van der Waals surface area contributed by atoms with E-state index in [0.717, 1.165) is 12.1 Å². The lowest BCUT2D eigenvalue weighted by atomic mass is 10.0. The number of nitrogens with one attached hydrogen (secondary N) is 1. The van der Waals surface area contributed by atoms with E-state index in [0.29, 0.717) is 0 Å². The summed E-state index contributed by atoms with van der Waals surface area (Å²) in [5.41, 5.74) is 4.30. The van der Waals surface area contributed by atoms with Crippen molar-refractivity contribution in [3.63, 3.8) is 0 Å². The second-order valence-electron chi connectivity index (χ2n) is 4.67. The lowest BCUT2D eigenvalue weighted by Crippen LogP contribution is -2.40.